The second kappa shape index (κ2) is 12.0. The molecule has 1 atom stereocenters. The molecule has 146 valence electrons. The Morgan fingerprint density at radius 1 is 1.38 bits per heavy atom. The first-order valence-electron chi connectivity index (χ1n) is 9.13. The van der Waals surface area contributed by atoms with Crippen molar-refractivity contribution in [3.8, 4) is 5.75 Å². The van der Waals surface area contributed by atoms with Crippen molar-refractivity contribution < 1.29 is 9.53 Å². The summed E-state index contributed by atoms with van der Waals surface area (Å²) in [4.78, 5) is 18.0. The number of carbonyl (C=O) groups excluding carboxylic acids is 1. The minimum atomic E-state index is 0. The van der Waals surface area contributed by atoms with E-state index in [0.29, 0.717) is 13.0 Å². The highest BCUT2D eigenvalue weighted by Gasteiger charge is 2.25. The van der Waals surface area contributed by atoms with Crippen LogP contribution in [0.1, 0.15) is 32.3 Å². The van der Waals surface area contributed by atoms with Crippen LogP contribution >= 0.6 is 24.0 Å². The third-order valence-electron chi connectivity index (χ3n) is 4.32. The average molecular weight is 474 g/mol. The number of halogens is 1. The smallest absolute Gasteiger partial charge is 0.222 e. The van der Waals surface area contributed by atoms with Crippen LogP contribution in [-0.4, -0.2) is 56.1 Å². The van der Waals surface area contributed by atoms with Crippen molar-refractivity contribution in [1.29, 1.82) is 0 Å². The lowest BCUT2D eigenvalue weighted by atomic mass is 10.1. The number of benzene rings is 1. The zero-order valence-corrected chi connectivity index (χ0v) is 18.3. The van der Waals surface area contributed by atoms with Crippen LogP contribution in [0, 0.1) is 0 Å². The molecule has 1 aliphatic rings. The van der Waals surface area contributed by atoms with Crippen LogP contribution < -0.4 is 15.4 Å². The average Bonchev–Trinajstić information content (AvgIpc) is 3.09. The van der Waals surface area contributed by atoms with Gasteiger partial charge in [0.05, 0.1) is 6.61 Å². The highest BCUT2D eigenvalue weighted by atomic mass is 127. The van der Waals surface area contributed by atoms with Crippen LogP contribution in [-0.2, 0) is 11.2 Å². The Morgan fingerprint density at radius 3 is 2.88 bits per heavy atom. The molecular formula is C19H31IN4O2. The summed E-state index contributed by atoms with van der Waals surface area (Å²) in [7, 11) is 1.77. The van der Waals surface area contributed by atoms with Crippen LogP contribution in [0.15, 0.2) is 29.3 Å². The lowest BCUT2D eigenvalue weighted by molar-refractivity contribution is -0.129. The normalized spacial score (nSPS) is 16.8. The highest BCUT2D eigenvalue weighted by Crippen LogP contribution is 2.13. The fraction of sp³-hybridized carbons (Fsp3) is 0.579. The Balaban J connectivity index is 0.00000338. The van der Waals surface area contributed by atoms with Crippen LogP contribution in [0.4, 0.5) is 0 Å². The Bertz CT molecular complexity index is 595. The van der Waals surface area contributed by atoms with Gasteiger partial charge in [0.25, 0.3) is 0 Å². The number of rotatable bonds is 7. The number of carbonyl (C=O) groups is 1. The molecule has 0 saturated carbocycles. The van der Waals surface area contributed by atoms with Crippen LogP contribution in [0.2, 0.25) is 0 Å². The summed E-state index contributed by atoms with van der Waals surface area (Å²) in [6.45, 7) is 6.94. The number of hydrogen-bond acceptors (Lipinski definition) is 3. The standard InChI is InChI=1S/C19H30N4O2.HI/c1-4-18(24)23-12-10-16(14-23)22-19(20-3)21-11-9-15-7-6-8-17(13-15)25-5-2;/h6-8,13,16H,4-5,9-12,14H2,1-3H3,(H2,20,21,22);1H. The number of likely N-dealkylation sites (tertiary alicyclic amines) is 1. The number of nitrogens with one attached hydrogen (secondary N) is 2. The molecule has 0 radical (unpaired) electrons. The highest BCUT2D eigenvalue weighted by molar-refractivity contribution is 14.0. The molecule has 2 rings (SSSR count). The van der Waals surface area contributed by atoms with Crippen molar-refractivity contribution in [3.05, 3.63) is 29.8 Å². The van der Waals surface area contributed by atoms with Crippen LogP contribution in [0.25, 0.3) is 0 Å². The minimum absolute atomic E-state index is 0. The van der Waals surface area contributed by atoms with Crippen molar-refractivity contribution in [1.82, 2.24) is 15.5 Å². The molecule has 0 aliphatic carbocycles. The van der Waals surface area contributed by atoms with Gasteiger partial charge < -0.3 is 20.3 Å². The minimum Gasteiger partial charge on any atom is -0.494 e. The molecular weight excluding hydrogens is 443 g/mol. The molecule has 2 N–H and O–H groups in total. The number of nitrogens with zero attached hydrogens (tertiary/aromatic N) is 2. The number of hydrogen-bond donors (Lipinski definition) is 2. The summed E-state index contributed by atoms with van der Waals surface area (Å²) in [5.74, 6) is 1.92. The summed E-state index contributed by atoms with van der Waals surface area (Å²) < 4.78 is 5.53. The second-order valence-corrected chi connectivity index (χ2v) is 6.15. The van der Waals surface area contributed by atoms with E-state index in [9.17, 15) is 4.79 Å². The largest absolute Gasteiger partial charge is 0.494 e. The van der Waals surface area contributed by atoms with E-state index < -0.39 is 0 Å². The zero-order valence-electron chi connectivity index (χ0n) is 16.0. The molecule has 0 aromatic heterocycles. The Labute approximate surface area is 173 Å². The van der Waals surface area contributed by atoms with Gasteiger partial charge in [-0.1, -0.05) is 19.1 Å². The van der Waals surface area contributed by atoms with E-state index >= 15 is 0 Å². The van der Waals surface area contributed by atoms with E-state index in [2.05, 4.69) is 27.8 Å². The predicted molar refractivity (Wildman–Crippen MR) is 117 cm³/mol. The molecule has 7 heteroatoms. The van der Waals surface area contributed by atoms with Gasteiger partial charge in [0.15, 0.2) is 5.96 Å². The number of ether oxygens (including phenoxy) is 1. The molecule has 0 spiro atoms. The molecule has 1 amide bonds. The molecule has 1 aliphatic heterocycles. The lowest BCUT2D eigenvalue weighted by Crippen LogP contribution is -2.45. The molecule has 1 saturated heterocycles. The summed E-state index contributed by atoms with van der Waals surface area (Å²) in [6.07, 6.45) is 2.43. The summed E-state index contributed by atoms with van der Waals surface area (Å²) in [6, 6.07) is 8.44. The van der Waals surface area contributed by atoms with Gasteiger partial charge in [0, 0.05) is 39.1 Å². The third kappa shape index (κ3) is 7.01. The van der Waals surface area contributed by atoms with Crippen molar-refractivity contribution in [2.24, 2.45) is 4.99 Å². The second-order valence-electron chi connectivity index (χ2n) is 6.15. The molecule has 1 aromatic carbocycles. The quantitative estimate of drug-likeness (QED) is 0.362. The molecule has 26 heavy (non-hydrogen) atoms. The van der Waals surface area contributed by atoms with Gasteiger partial charge in [-0.3, -0.25) is 9.79 Å². The lowest BCUT2D eigenvalue weighted by Gasteiger charge is -2.18. The number of guanidine groups is 1. The SMILES string of the molecule is CCOc1cccc(CCNC(=NC)NC2CCN(C(=O)CC)C2)c1.I. The maximum absolute atomic E-state index is 11.8. The Kier molecular flexibility index (Phi) is 10.4. The van der Waals surface area contributed by atoms with Gasteiger partial charge in [-0.05, 0) is 37.5 Å². The maximum Gasteiger partial charge on any atom is 0.222 e. The van der Waals surface area contributed by atoms with Gasteiger partial charge in [0.1, 0.15) is 5.75 Å². The van der Waals surface area contributed by atoms with Crippen molar-refractivity contribution in [2.45, 2.75) is 39.2 Å². The van der Waals surface area contributed by atoms with Gasteiger partial charge in [-0.15, -0.1) is 24.0 Å². The topological polar surface area (TPSA) is 66.0 Å². The molecule has 1 unspecified atom stereocenters. The molecule has 1 fully saturated rings. The monoisotopic (exact) mass is 474 g/mol. The van der Waals surface area contributed by atoms with E-state index in [-0.39, 0.29) is 35.9 Å². The summed E-state index contributed by atoms with van der Waals surface area (Å²) in [5, 5.41) is 6.76. The molecule has 0 bridgehead atoms. The summed E-state index contributed by atoms with van der Waals surface area (Å²) >= 11 is 0. The fourth-order valence-corrected chi connectivity index (χ4v) is 3.00. The van der Waals surface area contributed by atoms with E-state index in [1.165, 1.54) is 5.56 Å². The van der Waals surface area contributed by atoms with E-state index in [4.69, 9.17) is 4.74 Å². The number of amides is 1. The van der Waals surface area contributed by atoms with Gasteiger partial charge in [-0.25, -0.2) is 0 Å². The fourth-order valence-electron chi connectivity index (χ4n) is 3.00. The van der Waals surface area contributed by atoms with E-state index in [1.807, 2.05) is 30.9 Å². The van der Waals surface area contributed by atoms with E-state index in [1.54, 1.807) is 7.05 Å². The zero-order chi connectivity index (χ0) is 18.1. The first-order chi connectivity index (χ1) is 12.2. The molecule has 1 aromatic rings. The first kappa shape index (κ1) is 22.5. The Hall–Kier alpha value is -1.51. The van der Waals surface area contributed by atoms with E-state index in [0.717, 1.165) is 44.2 Å². The molecule has 6 nitrogen and oxygen atoms in total. The predicted octanol–water partition coefficient (Wildman–Crippen LogP) is 2.42. The Morgan fingerprint density at radius 2 is 2.19 bits per heavy atom. The van der Waals surface area contributed by atoms with Crippen LogP contribution in [0.5, 0.6) is 5.75 Å². The van der Waals surface area contributed by atoms with Gasteiger partial charge in [0.2, 0.25) is 5.91 Å². The van der Waals surface area contributed by atoms with Crippen molar-refractivity contribution in [3.63, 3.8) is 0 Å². The number of aliphatic imine (C=N–C) groups is 1. The van der Waals surface area contributed by atoms with Crippen molar-refractivity contribution >= 4 is 35.8 Å². The summed E-state index contributed by atoms with van der Waals surface area (Å²) in [5.41, 5.74) is 1.23. The van der Waals surface area contributed by atoms with Gasteiger partial charge in [-0.2, -0.15) is 0 Å². The maximum atomic E-state index is 11.8. The van der Waals surface area contributed by atoms with Crippen molar-refractivity contribution in [2.75, 3.05) is 33.3 Å². The third-order valence-corrected chi connectivity index (χ3v) is 4.32. The molecule has 1 heterocycles. The van der Waals surface area contributed by atoms with Crippen LogP contribution in [0.3, 0.4) is 0 Å². The van der Waals surface area contributed by atoms with Gasteiger partial charge >= 0.3 is 0 Å². The first-order valence-corrected chi connectivity index (χ1v) is 9.13.